The van der Waals surface area contributed by atoms with E-state index in [-0.39, 0.29) is 4.21 Å². The van der Waals surface area contributed by atoms with Gasteiger partial charge < -0.3 is 0 Å². The van der Waals surface area contributed by atoms with Crippen molar-refractivity contribution in [3.8, 4) is 0 Å². The Hall–Kier alpha value is -1.11. The Kier molecular flexibility index (Phi) is 3.61. The number of sulfonamides is 1. The van der Waals surface area contributed by atoms with Crippen LogP contribution in [0, 0.1) is 12.7 Å². The first-order valence-corrected chi connectivity index (χ1v) is 7.60. The van der Waals surface area contributed by atoms with Crippen LogP contribution in [-0.4, -0.2) is 8.42 Å². The highest BCUT2D eigenvalue weighted by Crippen LogP contribution is 2.28. The van der Waals surface area contributed by atoms with Crippen LogP contribution in [0.15, 0.2) is 34.5 Å². The lowest BCUT2D eigenvalue weighted by molar-refractivity contribution is 0.602. The van der Waals surface area contributed by atoms with Crippen molar-refractivity contribution >= 4 is 38.6 Å². The SMILES string of the molecule is Cc1cc(F)ccc1NS(=O)(=O)c1ccc(Cl)s1. The molecule has 2 rings (SSSR count). The zero-order valence-corrected chi connectivity index (χ0v) is 11.7. The highest BCUT2D eigenvalue weighted by Gasteiger charge is 2.17. The fraction of sp³-hybridized carbons (Fsp3) is 0.0909. The van der Waals surface area contributed by atoms with Gasteiger partial charge in [-0.2, -0.15) is 0 Å². The van der Waals surface area contributed by atoms with E-state index in [2.05, 4.69) is 4.72 Å². The van der Waals surface area contributed by atoms with Gasteiger partial charge in [0.25, 0.3) is 10.0 Å². The summed E-state index contributed by atoms with van der Waals surface area (Å²) in [6, 6.07) is 6.79. The van der Waals surface area contributed by atoms with E-state index in [0.717, 1.165) is 11.3 Å². The maximum Gasteiger partial charge on any atom is 0.271 e. The largest absolute Gasteiger partial charge is 0.279 e. The van der Waals surface area contributed by atoms with Crippen LogP contribution in [0.4, 0.5) is 10.1 Å². The predicted octanol–water partition coefficient (Wildman–Crippen LogP) is 3.65. The predicted molar refractivity (Wildman–Crippen MR) is 71.3 cm³/mol. The zero-order valence-electron chi connectivity index (χ0n) is 9.28. The van der Waals surface area contributed by atoms with Gasteiger partial charge in [0.15, 0.2) is 0 Å². The molecule has 0 radical (unpaired) electrons. The molecule has 0 bridgehead atoms. The average molecular weight is 306 g/mol. The summed E-state index contributed by atoms with van der Waals surface area (Å²) in [5.41, 5.74) is 0.863. The fourth-order valence-electron chi connectivity index (χ4n) is 1.38. The zero-order chi connectivity index (χ0) is 13.3. The van der Waals surface area contributed by atoms with Crippen LogP contribution in [0.25, 0.3) is 0 Å². The van der Waals surface area contributed by atoms with Gasteiger partial charge in [-0.1, -0.05) is 11.6 Å². The molecule has 0 fully saturated rings. The number of hydrogen-bond acceptors (Lipinski definition) is 3. The van der Waals surface area contributed by atoms with Crippen molar-refractivity contribution in [1.82, 2.24) is 0 Å². The number of thiophene rings is 1. The van der Waals surface area contributed by atoms with E-state index in [9.17, 15) is 12.8 Å². The Morgan fingerprint density at radius 2 is 2.00 bits per heavy atom. The first-order valence-electron chi connectivity index (χ1n) is 4.93. The minimum absolute atomic E-state index is 0.122. The third kappa shape index (κ3) is 2.82. The highest BCUT2D eigenvalue weighted by atomic mass is 35.5. The quantitative estimate of drug-likeness (QED) is 0.941. The van der Waals surface area contributed by atoms with Crippen molar-refractivity contribution in [3.63, 3.8) is 0 Å². The standard InChI is InChI=1S/C11H9ClFNO2S2/c1-7-6-8(13)2-3-9(7)14-18(15,16)11-5-4-10(12)17-11/h2-6,14H,1H3. The minimum atomic E-state index is -3.67. The number of nitrogens with one attached hydrogen (secondary N) is 1. The lowest BCUT2D eigenvalue weighted by atomic mass is 10.2. The molecule has 1 aromatic heterocycles. The average Bonchev–Trinajstić information content (AvgIpc) is 2.70. The Morgan fingerprint density at radius 3 is 2.56 bits per heavy atom. The molecule has 0 aliphatic rings. The van der Waals surface area contributed by atoms with Crippen LogP contribution < -0.4 is 4.72 Å². The molecular weight excluding hydrogens is 297 g/mol. The second kappa shape index (κ2) is 4.87. The topological polar surface area (TPSA) is 46.2 Å². The maximum absolute atomic E-state index is 12.9. The molecule has 96 valence electrons. The molecule has 3 nitrogen and oxygen atoms in total. The summed E-state index contributed by atoms with van der Waals surface area (Å²) in [6.07, 6.45) is 0. The van der Waals surface area contributed by atoms with Crippen LogP contribution >= 0.6 is 22.9 Å². The number of benzene rings is 1. The van der Waals surface area contributed by atoms with E-state index < -0.39 is 15.8 Å². The first-order chi connectivity index (χ1) is 8.38. The van der Waals surface area contributed by atoms with Gasteiger partial charge in [0.1, 0.15) is 10.0 Å². The van der Waals surface area contributed by atoms with Gasteiger partial charge in [0.05, 0.1) is 10.0 Å². The first kappa shape index (κ1) is 13.3. The van der Waals surface area contributed by atoms with E-state index in [4.69, 9.17) is 11.6 Å². The molecule has 7 heteroatoms. The number of halogens is 2. The summed E-state index contributed by atoms with van der Waals surface area (Å²) < 4.78 is 39.8. The van der Waals surface area contributed by atoms with E-state index in [1.165, 1.54) is 30.3 Å². The number of hydrogen-bond donors (Lipinski definition) is 1. The van der Waals surface area contributed by atoms with Crippen molar-refractivity contribution in [3.05, 3.63) is 46.0 Å². The van der Waals surface area contributed by atoms with Gasteiger partial charge in [-0.15, -0.1) is 11.3 Å². The smallest absolute Gasteiger partial charge is 0.271 e. The summed E-state index contributed by atoms with van der Waals surface area (Å²) in [7, 11) is -3.67. The van der Waals surface area contributed by atoms with E-state index in [0.29, 0.717) is 15.6 Å². The number of anilines is 1. The summed E-state index contributed by atoms with van der Waals surface area (Å²) in [6.45, 7) is 1.63. The Bertz CT molecular complexity index is 682. The van der Waals surface area contributed by atoms with Crippen molar-refractivity contribution < 1.29 is 12.8 Å². The van der Waals surface area contributed by atoms with Crippen molar-refractivity contribution in [2.75, 3.05) is 4.72 Å². The Labute approximate surface area is 113 Å². The molecule has 0 unspecified atom stereocenters. The van der Waals surface area contributed by atoms with Crippen LogP contribution in [0.2, 0.25) is 4.34 Å². The number of aryl methyl sites for hydroxylation is 1. The van der Waals surface area contributed by atoms with Gasteiger partial charge in [-0.05, 0) is 42.8 Å². The number of rotatable bonds is 3. The Morgan fingerprint density at radius 1 is 1.28 bits per heavy atom. The van der Waals surface area contributed by atoms with Gasteiger partial charge in [0.2, 0.25) is 0 Å². The van der Waals surface area contributed by atoms with Gasteiger partial charge in [0, 0.05) is 0 Å². The minimum Gasteiger partial charge on any atom is -0.279 e. The van der Waals surface area contributed by atoms with Crippen LogP contribution in [0.1, 0.15) is 5.56 Å². The molecule has 0 saturated heterocycles. The highest BCUT2D eigenvalue weighted by molar-refractivity contribution is 7.94. The lowest BCUT2D eigenvalue weighted by Crippen LogP contribution is -2.12. The normalized spacial score (nSPS) is 11.5. The van der Waals surface area contributed by atoms with Crippen LogP contribution in [-0.2, 0) is 10.0 Å². The third-order valence-corrected chi connectivity index (χ3v) is 5.33. The van der Waals surface area contributed by atoms with Gasteiger partial charge >= 0.3 is 0 Å². The molecule has 0 aliphatic heterocycles. The summed E-state index contributed by atoms with van der Waals surface area (Å²) in [5, 5.41) is 0. The van der Waals surface area contributed by atoms with Crippen molar-refractivity contribution in [2.24, 2.45) is 0 Å². The Balaban J connectivity index is 2.33. The lowest BCUT2D eigenvalue weighted by Gasteiger charge is -2.08. The van der Waals surface area contributed by atoms with Crippen LogP contribution in [0.3, 0.4) is 0 Å². The molecule has 2 aromatic rings. The molecule has 0 atom stereocenters. The fourth-order valence-corrected chi connectivity index (χ4v) is 3.99. The summed E-state index contributed by atoms with van der Waals surface area (Å²) in [5.74, 6) is -0.408. The van der Waals surface area contributed by atoms with E-state index in [1.807, 2.05) is 0 Å². The molecule has 1 N–H and O–H groups in total. The van der Waals surface area contributed by atoms with Crippen molar-refractivity contribution in [1.29, 1.82) is 0 Å². The molecular formula is C11H9ClFNO2S2. The second-order valence-electron chi connectivity index (χ2n) is 3.62. The molecule has 1 heterocycles. The van der Waals surface area contributed by atoms with E-state index in [1.54, 1.807) is 6.92 Å². The maximum atomic E-state index is 12.9. The molecule has 0 spiro atoms. The second-order valence-corrected chi connectivity index (χ2v) is 7.25. The molecule has 1 aromatic carbocycles. The van der Waals surface area contributed by atoms with Gasteiger partial charge in [-0.25, -0.2) is 12.8 Å². The molecule has 0 saturated carbocycles. The summed E-state index contributed by atoms with van der Waals surface area (Å²) >= 11 is 6.66. The third-order valence-electron chi connectivity index (χ3n) is 2.25. The molecule has 0 amide bonds. The summed E-state index contributed by atoms with van der Waals surface area (Å²) in [4.78, 5) is 0. The van der Waals surface area contributed by atoms with E-state index >= 15 is 0 Å². The van der Waals surface area contributed by atoms with Crippen LogP contribution in [0.5, 0.6) is 0 Å². The molecule has 18 heavy (non-hydrogen) atoms. The molecule has 0 aliphatic carbocycles. The van der Waals surface area contributed by atoms with Crippen molar-refractivity contribution in [2.45, 2.75) is 11.1 Å². The monoisotopic (exact) mass is 305 g/mol. The van der Waals surface area contributed by atoms with Gasteiger partial charge in [-0.3, -0.25) is 4.72 Å².